The Balaban J connectivity index is 5.29. The monoisotopic (exact) mass is 364 g/mol. The Labute approximate surface area is 148 Å². The molecule has 3 atom stereocenters. The molecule has 8 nitrogen and oxygen atoms in total. The molecule has 0 amide bonds. The van der Waals surface area contributed by atoms with Gasteiger partial charge in [-0.25, -0.2) is 0 Å². The van der Waals surface area contributed by atoms with Crippen LogP contribution in [-0.2, 0) is 9.59 Å². The maximum absolute atomic E-state index is 11.7. The highest BCUT2D eigenvalue weighted by Crippen LogP contribution is 2.41. The molecule has 0 aromatic heterocycles. The lowest BCUT2D eigenvalue weighted by molar-refractivity contribution is -0.182. The maximum atomic E-state index is 11.7. The standard InChI is InChI=1S/C17H32O8/c1-17(2,16(24)25)14(12(19)8-4-3-5-10-18)11(15(22)23)7-6-9-13(20)21/h11-12,14,16,18-19,24-25H,3-10H2,1-2H3,(H,20,21)(H,22,23). The van der Waals surface area contributed by atoms with E-state index in [0.29, 0.717) is 19.3 Å². The molecular formula is C17H32O8. The number of unbranched alkanes of at least 4 members (excludes halogenated alkanes) is 2. The zero-order valence-electron chi connectivity index (χ0n) is 15.0. The fourth-order valence-electron chi connectivity index (χ4n) is 3.21. The molecule has 8 heteroatoms. The van der Waals surface area contributed by atoms with Crippen molar-refractivity contribution in [1.82, 2.24) is 0 Å². The second kappa shape index (κ2) is 11.4. The molecule has 0 aliphatic carbocycles. The zero-order valence-corrected chi connectivity index (χ0v) is 15.0. The van der Waals surface area contributed by atoms with Crippen LogP contribution >= 0.6 is 0 Å². The van der Waals surface area contributed by atoms with Crippen molar-refractivity contribution in [3.8, 4) is 0 Å². The molecule has 0 rings (SSSR count). The number of carbonyl (C=O) groups is 2. The first-order chi connectivity index (χ1) is 11.6. The molecule has 25 heavy (non-hydrogen) atoms. The quantitative estimate of drug-likeness (QED) is 0.195. The van der Waals surface area contributed by atoms with Gasteiger partial charge in [0.05, 0.1) is 12.0 Å². The molecule has 0 aromatic carbocycles. The number of hydrogen-bond acceptors (Lipinski definition) is 6. The van der Waals surface area contributed by atoms with Crippen molar-refractivity contribution < 1.29 is 40.2 Å². The average Bonchev–Trinajstić information content (AvgIpc) is 2.49. The van der Waals surface area contributed by atoms with Gasteiger partial charge in [0, 0.05) is 24.4 Å². The van der Waals surface area contributed by atoms with Crippen LogP contribution in [-0.4, -0.2) is 61.6 Å². The van der Waals surface area contributed by atoms with Gasteiger partial charge in [-0.2, -0.15) is 0 Å². The molecule has 0 bridgehead atoms. The first-order valence-electron chi connectivity index (χ1n) is 8.65. The summed E-state index contributed by atoms with van der Waals surface area (Å²) < 4.78 is 0. The third-order valence-corrected chi connectivity index (χ3v) is 4.75. The summed E-state index contributed by atoms with van der Waals surface area (Å²) in [5.41, 5.74) is -1.29. The third kappa shape index (κ3) is 8.13. The van der Waals surface area contributed by atoms with Crippen LogP contribution in [0.25, 0.3) is 0 Å². The molecule has 0 aliphatic heterocycles. The van der Waals surface area contributed by atoms with Crippen molar-refractivity contribution in [1.29, 1.82) is 0 Å². The first-order valence-corrected chi connectivity index (χ1v) is 8.65. The van der Waals surface area contributed by atoms with Crippen molar-refractivity contribution in [2.45, 2.75) is 71.2 Å². The smallest absolute Gasteiger partial charge is 0.306 e. The van der Waals surface area contributed by atoms with Crippen LogP contribution in [0.2, 0.25) is 0 Å². The van der Waals surface area contributed by atoms with Gasteiger partial charge >= 0.3 is 11.9 Å². The Morgan fingerprint density at radius 1 is 0.920 bits per heavy atom. The number of aliphatic hydroxyl groups is 4. The summed E-state index contributed by atoms with van der Waals surface area (Å²) >= 11 is 0. The molecule has 148 valence electrons. The van der Waals surface area contributed by atoms with E-state index in [0.717, 1.165) is 0 Å². The van der Waals surface area contributed by atoms with Crippen LogP contribution < -0.4 is 0 Å². The highest BCUT2D eigenvalue weighted by molar-refractivity contribution is 5.71. The molecule has 0 radical (unpaired) electrons. The van der Waals surface area contributed by atoms with Gasteiger partial charge in [-0.3, -0.25) is 9.59 Å². The zero-order chi connectivity index (χ0) is 19.6. The summed E-state index contributed by atoms with van der Waals surface area (Å²) in [5.74, 6) is -4.28. The van der Waals surface area contributed by atoms with Crippen molar-refractivity contribution in [2.24, 2.45) is 17.3 Å². The molecule has 3 unspecified atom stereocenters. The minimum absolute atomic E-state index is 0.0240. The molecule has 0 aliphatic rings. The number of carboxylic acids is 2. The molecule has 0 saturated carbocycles. The van der Waals surface area contributed by atoms with Gasteiger partial charge in [0.1, 0.15) is 0 Å². The van der Waals surface area contributed by atoms with Crippen LogP contribution in [0.5, 0.6) is 0 Å². The molecule has 0 heterocycles. The van der Waals surface area contributed by atoms with Gasteiger partial charge < -0.3 is 30.6 Å². The lowest BCUT2D eigenvalue weighted by Crippen LogP contribution is -2.48. The van der Waals surface area contributed by atoms with Gasteiger partial charge in [0.15, 0.2) is 6.29 Å². The molecule has 0 fully saturated rings. The summed E-state index contributed by atoms with van der Waals surface area (Å²) in [6.07, 6.45) is -0.879. The normalized spacial score (nSPS) is 15.8. The van der Waals surface area contributed by atoms with Crippen LogP contribution in [0, 0.1) is 17.3 Å². The van der Waals surface area contributed by atoms with E-state index in [1.54, 1.807) is 0 Å². The van der Waals surface area contributed by atoms with E-state index in [4.69, 9.17) is 10.2 Å². The minimum Gasteiger partial charge on any atom is -0.481 e. The van der Waals surface area contributed by atoms with Crippen LogP contribution in [0.3, 0.4) is 0 Å². The summed E-state index contributed by atoms with van der Waals surface area (Å²) in [6, 6.07) is 0. The maximum Gasteiger partial charge on any atom is 0.306 e. The minimum atomic E-state index is -1.83. The third-order valence-electron chi connectivity index (χ3n) is 4.75. The number of aliphatic carboxylic acids is 2. The lowest BCUT2D eigenvalue weighted by atomic mass is 9.66. The number of aliphatic hydroxyl groups excluding tert-OH is 3. The first kappa shape index (κ1) is 23.8. The Kier molecular flexibility index (Phi) is 10.8. The molecule has 6 N–H and O–H groups in total. The molecular weight excluding hydrogens is 332 g/mol. The summed E-state index contributed by atoms with van der Waals surface area (Å²) in [5, 5.41) is 57.0. The van der Waals surface area contributed by atoms with Gasteiger partial charge in [0.2, 0.25) is 0 Å². The van der Waals surface area contributed by atoms with E-state index in [9.17, 15) is 30.0 Å². The van der Waals surface area contributed by atoms with Crippen molar-refractivity contribution in [2.75, 3.05) is 6.61 Å². The highest BCUT2D eigenvalue weighted by atomic mass is 16.5. The van der Waals surface area contributed by atoms with Crippen LogP contribution in [0.15, 0.2) is 0 Å². The van der Waals surface area contributed by atoms with E-state index in [1.807, 2.05) is 0 Å². The average molecular weight is 364 g/mol. The number of carboxylic acid groups (broad SMARTS) is 2. The lowest BCUT2D eigenvalue weighted by Gasteiger charge is -2.42. The largest absolute Gasteiger partial charge is 0.481 e. The number of hydrogen-bond donors (Lipinski definition) is 6. The molecule has 0 saturated heterocycles. The van der Waals surface area contributed by atoms with Crippen LogP contribution in [0.4, 0.5) is 0 Å². The van der Waals surface area contributed by atoms with Gasteiger partial charge in [-0.15, -0.1) is 0 Å². The second-order valence-electron chi connectivity index (χ2n) is 7.09. The predicted molar refractivity (Wildman–Crippen MR) is 89.7 cm³/mol. The molecule has 0 spiro atoms. The topological polar surface area (TPSA) is 156 Å². The predicted octanol–water partition coefficient (Wildman–Crippen LogP) is 0.809. The Morgan fingerprint density at radius 3 is 1.96 bits per heavy atom. The fraction of sp³-hybridized carbons (Fsp3) is 0.882. The second-order valence-corrected chi connectivity index (χ2v) is 7.09. The van der Waals surface area contributed by atoms with Gasteiger partial charge in [-0.05, 0) is 25.7 Å². The van der Waals surface area contributed by atoms with E-state index < -0.39 is 41.6 Å². The van der Waals surface area contributed by atoms with E-state index in [2.05, 4.69) is 0 Å². The van der Waals surface area contributed by atoms with Crippen LogP contribution in [0.1, 0.15) is 58.8 Å². The molecule has 0 aromatic rings. The van der Waals surface area contributed by atoms with E-state index >= 15 is 0 Å². The SMILES string of the molecule is CC(C)(C(O)O)C(C(O)CCCCCO)C(CCCC(=O)O)C(=O)O. The Morgan fingerprint density at radius 2 is 1.52 bits per heavy atom. The van der Waals surface area contributed by atoms with E-state index in [1.165, 1.54) is 13.8 Å². The van der Waals surface area contributed by atoms with Crippen molar-refractivity contribution in [3.05, 3.63) is 0 Å². The van der Waals surface area contributed by atoms with E-state index in [-0.39, 0.29) is 32.3 Å². The van der Waals surface area contributed by atoms with Crippen molar-refractivity contribution >= 4 is 11.9 Å². The van der Waals surface area contributed by atoms with Gasteiger partial charge in [0.25, 0.3) is 0 Å². The van der Waals surface area contributed by atoms with Crippen molar-refractivity contribution in [3.63, 3.8) is 0 Å². The Hall–Kier alpha value is -1.22. The summed E-state index contributed by atoms with van der Waals surface area (Å²) in [4.78, 5) is 22.4. The Bertz CT molecular complexity index is 407. The summed E-state index contributed by atoms with van der Waals surface area (Å²) in [7, 11) is 0. The fourth-order valence-corrected chi connectivity index (χ4v) is 3.21. The van der Waals surface area contributed by atoms with Gasteiger partial charge in [-0.1, -0.05) is 26.7 Å². The summed E-state index contributed by atoms with van der Waals surface area (Å²) in [6.45, 7) is 2.99. The number of rotatable bonds is 14. The highest BCUT2D eigenvalue weighted by Gasteiger charge is 2.46.